The van der Waals surface area contributed by atoms with Gasteiger partial charge in [-0.2, -0.15) is 4.39 Å². The van der Waals surface area contributed by atoms with E-state index in [4.69, 9.17) is 9.47 Å². The predicted octanol–water partition coefficient (Wildman–Crippen LogP) is 1.46. The molecule has 0 aliphatic carbocycles. The number of hydrogen-bond donors (Lipinski definition) is 0. The summed E-state index contributed by atoms with van der Waals surface area (Å²) in [6.45, 7) is -0.0318. The Balaban J connectivity index is 2.55. The van der Waals surface area contributed by atoms with Crippen molar-refractivity contribution in [1.82, 2.24) is 0 Å². The number of benzene rings is 1. The van der Waals surface area contributed by atoms with Crippen LogP contribution in [0.5, 0.6) is 11.5 Å². The van der Waals surface area contributed by atoms with Gasteiger partial charge in [-0.15, -0.1) is 0 Å². The van der Waals surface area contributed by atoms with Gasteiger partial charge in [-0.1, -0.05) is 0 Å². The average Bonchev–Trinajstić information content (AvgIpc) is 2.48. The fraction of sp³-hybridized carbons (Fsp3) is 0.143. The van der Waals surface area contributed by atoms with Crippen LogP contribution in [-0.4, -0.2) is 11.7 Å². The zero-order valence-electron chi connectivity index (χ0n) is 6.32. The Morgan fingerprint density at radius 1 is 1.38 bits per heavy atom. The lowest BCUT2D eigenvalue weighted by Gasteiger charge is -1.96. The Morgan fingerprint density at radius 2 is 2.00 bits per heavy atom. The standard InChI is InChI=1S/C7H4FNO4/c8-4-1-6-7(13-3-12-6)2-5(4)9(10)11/h1-2H,3H2. The second-order valence-corrected chi connectivity index (χ2v) is 2.41. The lowest BCUT2D eigenvalue weighted by molar-refractivity contribution is -0.387. The fourth-order valence-electron chi connectivity index (χ4n) is 1.05. The normalized spacial score (nSPS) is 13.0. The number of nitrogens with zero attached hydrogens (tertiary/aromatic N) is 1. The molecule has 13 heavy (non-hydrogen) atoms. The molecule has 0 spiro atoms. The third-order valence-corrected chi connectivity index (χ3v) is 1.64. The average molecular weight is 185 g/mol. The minimum absolute atomic E-state index is 0.0318. The number of halogens is 1. The lowest BCUT2D eigenvalue weighted by Crippen LogP contribution is -1.93. The van der Waals surface area contributed by atoms with Gasteiger partial charge in [0.2, 0.25) is 12.6 Å². The van der Waals surface area contributed by atoms with Crippen LogP contribution in [0.1, 0.15) is 0 Å². The van der Waals surface area contributed by atoms with Gasteiger partial charge in [-0.05, 0) is 0 Å². The summed E-state index contributed by atoms with van der Waals surface area (Å²) in [7, 11) is 0. The summed E-state index contributed by atoms with van der Waals surface area (Å²) in [5.41, 5.74) is -0.607. The molecule has 0 saturated carbocycles. The number of rotatable bonds is 1. The number of ether oxygens (including phenoxy) is 2. The summed E-state index contributed by atoms with van der Waals surface area (Å²) < 4.78 is 22.6. The van der Waals surface area contributed by atoms with Gasteiger partial charge in [0, 0.05) is 6.07 Å². The summed E-state index contributed by atoms with van der Waals surface area (Å²) in [4.78, 5) is 9.48. The van der Waals surface area contributed by atoms with Crippen molar-refractivity contribution in [3.05, 3.63) is 28.1 Å². The molecule has 1 aliphatic heterocycles. The summed E-state index contributed by atoms with van der Waals surface area (Å²) in [6.07, 6.45) is 0. The third-order valence-electron chi connectivity index (χ3n) is 1.64. The molecule has 0 aromatic heterocycles. The van der Waals surface area contributed by atoms with E-state index in [9.17, 15) is 14.5 Å². The summed E-state index contributed by atoms with van der Waals surface area (Å²) >= 11 is 0. The first-order valence-corrected chi connectivity index (χ1v) is 3.42. The molecule has 0 bridgehead atoms. The molecule has 0 N–H and O–H groups in total. The zero-order chi connectivity index (χ0) is 9.42. The maximum Gasteiger partial charge on any atom is 0.308 e. The zero-order valence-corrected chi connectivity index (χ0v) is 6.32. The summed E-state index contributed by atoms with van der Waals surface area (Å²) in [5, 5.41) is 10.3. The van der Waals surface area contributed by atoms with E-state index in [1.54, 1.807) is 0 Å². The number of nitro benzene ring substituents is 1. The van der Waals surface area contributed by atoms with Crippen LogP contribution >= 0.6 is 0 Å². The predicted molar refractivity (Wildman–Crippen MR) is 39.2 cm³/mol. The highest BCUT2D eigenvalue weighted by Gasteiger charge is 2.23. The van der Waals surface area contributed by atoms with Gasteiger partial charge >= 0.3 is 5.69 Å². The van der Waals surface area contributed by atoms with Crippen LogP contribution < -0.4 is 9.47 Å². The second kappa shape index (κ2) is 2.58. The van der Waals surface area contributed by atoms with Gasteiger partial charge in [-0.25, -0.2) is 0 Å². The smallest absolute Gasteiger partial charge is 0.308 e. The highest BCUT2D eigenvalue weighted by molar-refractivity contribution is 5.50. The van der Waals surface area contributed by atoms with Crippen molar-refractivity contribution in [3.63, 3.8) is 0 Å². The maximum absolute atomic E-state index is 12.9. The highest BCUT2D eigenvalue weighted by Crippen LogP contribution is 2.36. The molecule has 5 nitrogen and oxygen atoms in total. The van der Waals surface area contributed by atoms with Gasteiger partial charge in [0.1, 0.15) is 0 Å². The number of hydrogen-bond acceptors (Lipinski definition) is 4. The van der Waals surface area contributed by atoms with Gasteiger partial charge in [-0.3, -0.25) is 10.1 Å². The largest absolute Gasteiger partial charge is 0.453 e. The Morgan fingerprint density at radius 3 is 2.62 bits per heavy atom. The third kappa shape index (κ3) is 1.16. The summed E-state index contributed by atoms with van der Waals surface area (Å²) in [6, 6.07) is 1.96. The van der Waals surface area contributed by atoms with Crippen LogP contribution in [0.4, 0.5) is 10.1 Å². The molecular weight excluding hydrogens is 181 g/mol. The van der Waals surface area contributed by atoms with Crippen molar-refractivity contribution in [3.8, 4) is 11.5 Å². The Hall–Kier alpha value is -1.85. The fourth-order valence-corrected chi connectivity index (χ4v) is 1.05. The topological polar surface area (TPSA) is 61.6 Å². The van der Waals surface area contributed by atoms with Crippen LogP contribution in [0.15, 0.2) is 12.1 Å². The van der Waals surface area contributed by atoms with Crippen molar-refractivity contribution in [2.75, 3.05) is 6.79 Å². The van der Waals surface area contributed by atoms with E-state index in [0.29, 0.717) is 0 Å². The molecule has 2 rings (SSSR count). The van der Waals surface area contributed by atoms with Gasteiger partial charge in [0.25, 0.3) is 0 Å². The molecule has 1 aliphatic rings. The molecule has 1 aromatic carbocycles. The van der Waals surface area contributed by atoms with E-state index in [1.165, 1.54) is 0 Å². The van der Waals surface area contributed by atoms with E-state index in [2.05, 4.69) is 0 Å². The van der Waals surface area contributed by atoms with Gasteiger partial charge in [0.15, 0.2) is 11.5 Å². The first-order chi connectivity index (χ1) is 6.18. The Bertz CT molecular complexity index is 379. The molecule has 6 heteroatoms. The lowest BCUT2D eigenvalue weighted by atomic mass is 10.2. The first kappa shape index (κ1) is 7.78. The van der Waals surface area contributed by atoms with Crippen LogP contribution in [0.2, 0.25) is 0 Å². The molecule has 0 amide bonds. The van der Waals surface area contributed by atoms with Crippen molar-refractivity contribution >= 4 is 5.69 Å². The van der Waals surface area contributed by atoms with E-state index in [1.807, 2.05) is 0 Å². The monoisotopic (exact) mass is 185 g/mol. The molecular formula is C7H4FNO4. The second-order valence-electron chi connectivity index (χ2n) is 2.41. The van der Waals surface area contributed by atoms with Crippen molar-refractivity contribution < 1.29 is 18.8 Å². The minimum Gasteiger partial charge on any atom is -0.453 e. The van der Waals surface area contributed by atoms with E-state index in [0.717, 1.165) is 12.1 Å². The maximum atomic E-state index is 12.9. The van der Waals surface area contributed by atoms with Crippen LogP contribution in [0.3, 0.4) is 0 Å². The number of fused-ring (bicyclic) bond motifs is 1. The SMILES string of the molecule is O=[N+]([O-])c1cc2c(cc1F)OCO2. The van der Waals surface area contributed by atoms with Crippen LogP contribution in [0.25, 0.3) is 0 Å². The van der Waals surface area contributed by atoms with Crippen LogP contribution in [-0.2, 0) is 0 Å². The molecule has 68 valence electrons. The van der Waals surface area contributed by atoms with E-state index in [-0.39, 0.29) is 18.3 Å². The quantitative estimate of drug-likeness (QED) is 0.490. The van der Waals surface area contributed by atoms with Crippen LogP contribution in [0, 0.1) is 15.9 Å². The van der Waals surface area contributed by atoms with Crippen molar-refractivity contribution in [1.29, 1.82) is 0 Å². The van der Waals surface area contributed by atoms with Crippen molar-refractivity contribution in [2.24, 2.45) is 0 Å². The van der Waals surface area contributed by atoms with E-state index < -0.39 is 16.4 Å². The molecule has 0 saturated heterocycles. The first-order valence-electron chi connectivity index (χ1n) is 3.42. The molecule has 0 unspecified atom stereocenters. The highest BCUT2D eigenvalue weighted by atomic mass is 19.1. The van der Waals surface area contributed by atoms with Gasteiger partial charge in [0.05, 0.1) is 11.0 Å². The molecule has 0 fully saturated rings. The Labute approximate surface area is 71.8 Å². The van der Waals surface area contributed by atoms with E-state index >= 15 is 0 Å². The molecule has 0 radical (unpaired) electrons. The number of nitro groups is 1. The van der Waals surface area contributed by atoms with Crippen molar-refractivity contribution in [2.45, 2.75) is 0 Å². The molecule has 1 aromatic rings. The summed E-state index contributed by atoms with van der Waals surface area (Å²) in [5.74, 6) is -0.523. The minimum atomic E-state index is -0.922. The molecule has 0 atom stereocenters. The Kier molecular flexibility index (Phi) is 1.54. The molecule has 1 heterocycles. The van der Waals surface area contributed by atoms with Gasteiger partial charge < -0.3 is 9.47 Å².